The lowest BCUT2D eigenvalue weighted by Crippen LogP contribution is -2.67. The fourth-order valence-corrected chi connectivity index (χ4v) is 8.23. The van der Waals surface area contributed by atoms with Crippen LogP contribution in [0.1, 0.15) is 131 Å². The van der Waals surface area contributed by atoms with Crippen LogP contribution in [0.3, 0.4) is 0 Å². The number of nitrogens with zero attached hydrogens (tertiary/aromatic N) is 5. The number of amides is 2. The monoisotopic (exact) mass is 683 g/mol. The fraction of sp³-hybridized carbons (Fsp3) is 0.615. The molecule has 0 atom stereocenters. The summed E-state index contributed by atoms with van der Waals surface area (Å²) in [6.07, 6.45) is 11.2. The van der Waals surface area contributed by atoms with Gasteiger partial charge >= 0.3 is 13.1 Å². The molecule has 4 saturated carbocycles. The lowest BCUT2D eigenvalue weighted by molar-refractivity contribution is -0.0771. The molecule has 2 amide bonds. The number of benzene rings is 2. The normalized spacial score (nSPS) is 25.1. The minimum Gasteiger partial charge on any atom is -0.399 e. The van der Waals surface area contributed by atoms with E-state index >= 15 is 0 Å². The van der Waals surface area contributed by atoms with E-state index in [4.69, 9.17) is 9.31 Å². The maximum Gasteiger partial charge on any atom is 0.497 e. The summed E-state index contributed by atoms with van der Waals surface area (Å²) < 4.78 is 42.6. The molecule has 4 aliphatic carbocycles. The first kappa shape index (κ1) is 32.6. The number of carbonyl (C=O) groups excluding carboxylic acids is 1. The lowest BCUT2D eigenvalue weighted by Gasteiger charge is -2.60. The SMILES string of the molecule is CC1(C)OB(c2ccc(C3CC3)cc2F)OC1(C)C.O=C(N1CC(c2ccc(C3CC3)cc2F)C1)N1CC2(CC(n3cnc(C4CC4)n3)C2)C1. The molecule has 3 aliphatic heterocycles. The summed E-state index contributed by atoms with van der Waals surface area (Å²) in [7, 11) is -0.613. The van der Waals surface area contributed by atoms with E-state index in [0.717, 1.165) is 48.4 Å². The first-order chi connectivity index (χ1) is 23.9. The second kappa shape index (κ2) is 11.6. The molecule has 1 aromatic heterocycles. The Morgan fingerprint density at radius 3 is 1.92 bits per heavy atom. The van der Waals surface area contributed by atoms with Gasteiger partial charge < -0.3 is 19.1 Å². The highest BCUT2D eigenvalue weighted by molar-refractivity contribution is 6.62. The van der Waals surface area contributed by atoms with Crippen molar-refractivity contribution in [2.24, 2.45) is 5.41 Å². The standard InChI is InChI=1S/C24H28FN5O.C15H20BFO2/c25-21-7-17(15-1-2-15)5-6-20(21)18-10-28(11-18)23(31)29-12-24(13-29)8-19(9-24)30-14-26-22(27-30)16-3-4-16;1-14(2)15(3,4)19-16(18-14)12-8-7-11(9-13(12)17)10-5-6-10/h5-7,14-16,18-19H,1-4,8-13H2;7-10H,5-6H2,1-4H3. The molecular weight excluding hydrogens is 635 g/mol. The third-order valence-corrected chi connectivity index (χ3v) is 12.7. The molecule has 3 saturated heterocycles. The summed E-state index contributed by atoms with van der Waals surface area (Å²) in [6, 6.07) is 11.7. The van der Waals surface area contributed by atoms with Crippen LogP contribution in [0.15, 0.2) is 42.7 Å². The van der Waals surface area contributed by atoms with Crippen molar-refractivity contribution in [2.75, 3.05) is 26.2 Å². The summed E-state index contributed by atoms with van der Waals surface area (Å²) >= 11 is 0. The van der Waals surface area contributed by atoms with Crippen molar-refractivity contribution in [3.63, 3.8) is 0 Å². The quantitative estimate of drug-likeness (QED) is 0.261. The predicted octanol–water partition coefficient (Wildman–Crippen LogP) is 7.03. The average molecular weight is 684 g/mol. The van der Waals surface area contributed by atoms with Gasteiger partial charge in [0.1, 0.15) is 18.0 Å². The zero-order chi connectivity index (χ0) is 34.6. The zero-order valence-electron chi connectivity index (χ0n) is 29.7. The molecule has 7 aliphatic rings. The van der Waals surface area contributed by atoms with E-state index in [9.17, 15) is 13.6 Å². The van der Waals surface area contributed by atoms with Crippen LogP contribution >= 0.6 is 0 Å². The fourth-order valence-electron chi connectivity index (χ4n) is 8.23. The van der Waals surface area contributed by atoms with Crippen LogP contribution in [-0.4, -0.2) is 75.1 Å². The first-order valence-corrected chi connectivity index (χ1v) is 18.8. The third kappa shape index (κ3) is 5.96. The molecule has 0 unspecified atom stereocenters. The lowest BCUT2D eigenvalue weighted by atomic mass is 9.61. The van der Waals surface area contributed by atoms with Gasteiger partial charge in [-0.2, -0.15) is 5.10 Å². The minimum atomic E-state index is -0.613. The van der Waals surface area contributed by atoms with Crippen molar-refractivity contribution >= 4 is 18.6 Å². The average Bonchev–Trinajstić information content (AvgIpc) is 3.88. The Morgan fingerprint density at radius 1 is 0.780 bits per heavy atom. The molecule has 0 radical (unpaired) electrons. The van der Waals surface area contributed by atoms with Crippen LogP contribution in [0.4, 0.5) is 13.6 Å². The zero-order valence-corrected chi connectivity index (χ0v) is 29.7. The molecule has 50 heavy (non-hydrogen) atoms. The van der Waals surface area contributed by atoms with Gasteiger partial charge in [0.2, 0.25) is 0 Å². The molecule has 8 nitrogen and oxygen atoms in total. The van der Waals surface area contributed by atoms with E-state index in [2.05, 4.69) is 16.1 Å². The van der Waals surface area contributed by atoms with Crippen molar-refractivity contribution in [1.29, 1.82) is 0 Å². The van der Waals surface area contributed by atoms with Crippen LogP contribution in [0.5, 0.6) is 0 Å². The Labute approximate surface area is 294 Å². The van der Waals surface area contributed by atoms with Gasteiger partial charge in [0.15, 0.2) is 5.82 Å². The summed E-state index contributed by atoms with van der Waals surface area (Å²) in [5.41, 5.74) is 2.92. The number of rotatable bonds is 6. The van der Waals surface area contributed by atoms with Gasteiger partial charge in [0.05, 0.1) is 17.2 Å². The van der Waals surface area contributed by atoms with Crippen molar-refractivity contribution < 1.29 is 22.9 Å². The first-order valence-electron chi connectivity index (χ1n) is 18.8. The van der Waals surface area contributed by atoms with E-state index in [1.165, 1.54) is 38.5 Å². The van der Waals surface area contributed by atoms with Gasteiger partial charge in [-0.3, -0.25) is 0 Å². The maximum atomic E-state index is 14.5. The summed E-state index contributed by atoms with van der Waals surface area (Å²) in [6.45, 7) is 10.9. The maximum absolute atomic E-state index is 14.5. The van der Waals surface area contributed by atoms with Crippen molar-refractivity contribution in [3.8, 4) is 0 Å². The number of likely N-dealkylation sites (tertiary alicyclic amines) is 2. The number of urea groups is 1. The van der Waals surface area contributed by atoms with Gasteiger partial charge in [-0.15, -0.1) is 0 Å². The Kier molecular flexibility index (Phi) is 7.56. The molecule has 0 N–H and O–H groups in total. The van der Waals surface area contributed by atoms with Crippen molar-refractivity contribution in [3.05, 3.63) is 76.9 Å². The van der Waals surface area contributed by atoms with Gasteiger partial charge in [-0.1, -0.05) is 24.3 Å². The van der Waals surface area contributed by atoms with Crippen molar-refractivity contribution in [2.45, 2.75) is 120 Å². The van der Waals surface area contributed by atoms with E-state index in [1.54, 1.807) is 12.1 Å². The van der Waals surface area contributed by atoms with Gasteiger partial charge in [0, 0.05) is 48.9 Å². The summed E-state index contributed by atoms with van der Waals surface area (Å²) in [5, 5.41) is 4.67. The highest BCUT2D eigenvalue weighted by atomic mass is 19.1. The second-order valence-electron chi connectivity index (χ2n) is 17.4. The summed E-state index contributed by atoms with van der Waals surface area (Å²) in [5.74, 6) is 2.55. The highest BCUT2D eigenvalue weighted by Gasteiger charge is 2.56. The van der Waals surface area contributed by atoms with Crippen molar-refractivity contribution in [1.82, 2.24) is 24.6 Å². The van der Waals surface area contributed by atoms with Crippen LogP contribution in [0, 0.1) is 17.0 Å². The van der Waals surface area contributed by atoms with Crippen LogP contribution < -0.4 is 5.46 Å². The molecule has 2 aromatic carbocycles. The number of hydrogen-bond donors (Lipinski definition) is 0. The molecule has 10 rings (SSSR count). The Hall–Kier alpha value is -3.31. The molecule has 4 heterocycles. The van der Waals surface area contributed by atoms with Crippen LogP contribution in [0.2, 0.25) is 0 Å². The number of carbonyl (C=O) groups is 1. The predicted molar refractivity (Wildman–Crippen MR) is 186 cm³/mol. The molecular formula is C39H48BF2N5O3. The van der Waals surface area contributed by atoms with E-state index in [1.807, 2.05) is 66.7 Å². The molecule has 3 aromatic rings. The number of hydrogen-bond acceptors (Lipinski definition) is 5. The highest BCUT2D eigenvalue weighted by Crippen LogP contribution is 2.54. The van der Waals surface area contributed by atoms with E-state index < -0.39 is 18.3 Å². The molecule has 0 bridgehead atoms. The summed E-state index contributed by atoms with van der Waals surface area (Å²) in [4.78, 5) is 21.1. The molecule has 1 spiro atoms. The van der Waals surface area contributed by atoms with E-state index in [-0.39, 0.29) is 29.0 Å². The molecule has 11 heteroatoms. The smallest absolute Gasteiger partial charge is 0.399 e. The molecule has 264 valence electrons. The number of aromatic nitrogens is 3. The van der Waals surface area contributed by atoms with Gasteiger partial charge in [-0.05, 0) is 120 Å². The molecule has 7 fully saturated rings. The van der Waals surface area contributed by atoms with Gasteiger partial charge in [-0.25, -0.2) is 23.2 Å². The topological polar surface area (TPSA) is 72.7 Å². The third-order valence-electron chi connectivity index (χ3n) is 12.7. The Bertz CT molecular complexity index is 1780. The van der Waals surface area contributed by atoms with Crippen LogP contribution in [-0.2, 0) is 9.31 Å². The van der Waals surface area contributed by atoms with Gasteiger partial charge in [0.25, 0.3) is 0 Å². The Morgan fingerprint density at radius 2 is 1.36 bits per heavy atom. The largest absolute Gasteiger partial charge is 0.497 e. The Balaban J connectivity index is 0.000000152. The van der Waals surface area contributed by atoms with Crippen LogP contribution in [0.25, 0.3) is 0 Å². The second-order valence-corrected chi connectivity index (χ2v) is 17.4. The minimum absolute atomic E-state index is 0.0946. The number of halogens is 2. The van der Waals surface area contributed by atoms with E-state index in [0.29, 0.717) is 42.3 Å².